The Morgan fingerprint density at radius 3 is 2.74 bits per heavy atom. The highest BCUT2D eigenvalue weighted by molar-refractivity contribution is 8.00. The van der Waals surface area contributed by atoms with Crippen molar-refractivity contribution in [1.82, 2.24) is 9.97 Å². The van der Waals surface area contributed by atoms with Crippen LogP contribution in [0.1, 0.15) is 23.2 Å². The number of aromatic nitrogens is 2. The zero-order valence-corrected chi connectivity index (χ0v) is 18.3. The molecular weight excluding hydrogens is 428 g/mol. The molecule has 0 unspecified atom stereocenters. The van der Waals surface area contributed by atoms with Gasteiger partial charge in [-0.1, -0.05) is 11.6 Å². The molecule has 0 aliphatic carbocycles. The van der Waals surface area contributed by atoms with Gasteiger partial charge in [0, 0.05) is 41.0 Å². The van der Waals surface area contributed by atoms with Gasteiger partial charge in [0.15, 0.2) is 0 Å². The van der Waals surface area contributed by atoms with Crippen molar-refractivity contribution in [3.05, 3.63) is 77.4 Å². The first-order valence-electron chi connectivity index (χ1n) is 10.2. The van der Waals surface area contributed by atoms with Gasteiger partial charge in [0.2, 0.25) is 0 Å². The van der Waals surface area contributed by atoms with Crippen LogP contribution < -0.4 is 9.62 Å². The zero-order chi connectivity index (χ0) is 21.2. The number of H-pyrrole nitrogens is 1. The number of hydrogen-bond donors (Lipinski definition) is 2. The number of aromatic amines is 1. The minimum Gasteiger partial charge on any atom is -0.360 e. The number of halogens is 1. The number of benzene rings is 2. The van der Waals surface area contributed by atoms with Gasteiger partial charge in [0.1, 0.15) is 0 Å². The Kier molecular flexibility index (Phi) is 5.57. The molecule has 2 aromatic carbocycles. The SMILES string of the molecule is O=C(Nc1ccc(Cl)c(-c2ccc3[nH]ccc3n2)c1)c1ccc(N2CCCCS2)cc1. The van der Waals surface area contributed by atoms with Crippen LogP contribution in [-0.2, 0) is 0 Å². The van der Waals surface area contributed by atoms with Gasteiger partial charge in [0.25, 0.3) is 5.91 Å². The topological polar surface area (TPSA) is 61.0 Å². The third kappa shape index (κ3) is 4.27. The van der Waals surface area contributed by atoms with E-state index >= 15 is 0 Å². The van der Waals surface area contributed by atoms with E-state index in [0.717, 1.165) is 40.3 Å². The molecule has 3 heterocycles. The summed E-state index contributed by atoms with van der Waals surface area (Å²) < 4.78 is 2.30. The number of carbonyl (C=O) groups is 1. The van der Waals surface area contributed by atoms with Crippen LogP contribution in [0.3, 0.4) is 0 Å². The predicted molar refractivity (Wildman–Crippen MR) is 130 cm³/mol. The maximum absolute atomic E-state index is 12.8. The Morgan fingerprint density at radius 2 is 1.94 bits per heavy atom. The Hall–Kier alpha value is -2.96. The maximum atomic E-state index is 12.8. The molecule has 31 heavy (non-hydrogen) atoms. The Labute approximate surface area is 190 Å². The summed E-state index contributed by atoms with van der Waals surface area (Å²) >= 11 is 8.28. The molecule has 1 saturated heterocycles. The molecular formula is C24H21ClN4OS. The molecule has 5 rings (SSSR count). The van der Waals surface area contributed by atoms with E-state index < -0.39 is 0 Å². The van der Waals surface area contributed by atoms with E-state index in [4.69, 9.17) is 11.6 Å². The van der Waals surface area contributed by atoms with Crippen LogP contribution in [0.15, 0.2) is 66.9 Å². The fraction of sp³-hybridized carbons (Fsp3) is 0.167. The zero-order valence-electron chi connectivity index (χ0n) is 16.8. The third-order valence-electron chi connectivity index (χ3n) is 5.33. The first-order valence-corrected chi connectivity index (χ1v) is 11.6. The second kappa shape index (κ2) is 8.65. The smallest absolute Gasteiger partial charge is 0.255 e. The molecule has 0 bridgehead atoms. The highest BCUT2D eigenvalue weighted by Gasteiger charge is 2.14. The first kappa shape index (κ1) is 20.0. The summed E-state index contributed by atoms with van der Waals surface area (Å²) in [6.07, 6.45) is 4.33. The van der Waals surface area contributed by atoms with Crippen molar-refractivity contribution in [3.63, 3.8) is 0 Å². The molecule has 2 N–H and O–H groups in total. The molecule has 5 nitrogen and oxygen atoms in total. The van der Waals surface area contributed by atoms with E-state index in [1.807, 2.05) is 66.7 Å². The minimum atomic E-state index is -0.153. The molecule has 4 aromatic rings. The quantitative estimate of drug-likeness (QED) is 0.355. The molecule has 0 saturated carbocycles. The number of nitrogens with one attached hydrogen (secondary N) is 2. The van der Waals surface area contributed by atoms with Gasteiger partial charge in [-0.05, 0) is 85.5 Å². The Balaban J connectivity index is 1.35. The van der Waals surface area contributed by atoms with Crippen molar-refractivity contribution in [2.75, 3.05) is 21.9 Å². The average molecular weight is 449 g/mol. The molecule has 0 spiro atoms. The number of anilines is 2. The van der Waals surface area contributed by atoms with E-state index in [0.29, 0.717) is 16.3 Å². The van der Waals surface area contributed by atoms with E-state index in [2.05, 4.69) is 19.6 Å². The fourth-order valence-electron chi connectivity index (χ4n) is 3.67. The van der Waals surface area contributed by atoms with Crippen molar-refractivity contribution >= 4 is 51.9 Å². The van der Waals surface area contributed by atoms with Crippen molar-refractivity contribution in [3.8, 4) is 11.3 Å². The second-order valence-electron chi connectivity index (χ2n) is 7.45. The highest BCUT2D eigenvalue weighted by Crippen LogP contribution is 2.31. The lowest BCUT2D eigenvalue weighted by molar-refractivity contribution is 0.102. The molecule has 2 aromatic heterocycles. The normalized spacial score (nSPS) is 14.0. The van der Waals surface area contributed by atoms with Crippen molar-refractivity contribution in [2.45, 2.75) is 12.8 Å². The highest BCUT2D eigenvalue weighted by atomic mass is 35.5. The van der Waals surface area contributed by atoms with Crippen LogP contribution in [0.2, 0.25) is 5.02 Å². The number of amides is 1. The van der Waals surface area contributed by atoms with Gasteiger partial charge in [0.05, 0.1) is 21.7 Å². The number of nitrogens with zero attached hydrogens (tertiary/aromatic N) is 2. The van der Waals surface area contributed by atoms with E-state index in [9.17, 15) is 4.79 Å². The van der Waals surface area contributed by atoms with Crippen LogP contribution in [0, 0.1) is 0 Å². The van der Waals surface area contributed by atoms with Crippen molar-refractivity contribution in [1.29, 1.82) is 0 Å². The number of pyridine rings is 1. The summed E-state index contributed by atoms with van der Waals surface area (Å²) in [5.74, 6) is 0.993. The number of carbonyl (C=O) groups excluding carboxylic acids is 1. The van der Waals surface area contributed by atoms with Gasteiger partial charge < -0.3 is 14.6 Å². The van der Waals surface area contributed by atoms with Crippen LogP contribution in [0.4, 0.5) is 11.4 Å². The van der Waals surface area contributed by atoms with Gasteiger partial charge in [-0.25, -0.2) is 4.98 Å². The largest absolute Gasteiger partial charge is 0.360 e. The molecule has 1 amide bonds. The predicted octanol–water partition coefficient (Wildman–Crippen LogP) is 6.38. The Morgan fingerprint density at radius 1 is 1.06 bits per heavy atom. The summed E-state index contributed by atoms with van der Waals surface area (Å²) in [6, 6.07) is 19.0. The molecule has 0 radical (unpaired) electrons. The van der Waals surface area contributed by atoms with E-state index in [-0.39, 0.29) is 5.91 Å². The molecule has 1 fully saturated rings. The molecule has 0 atom stereocenters. The second-order valence-corrected chi connectivity index (χ2v) is 8.96. The Bertz CT molecular complexity index is 1230. The molecule has 156 valence electrons. The lowest BCUT2D eigenvalue weighted by Crippen LogP contribution is -2.21. The van der Waals surface area contributed by atoms with Gasteiger partial charge in [-0.2, -0.15) is 0 Å². The van der Waals surface area contributed by atoms with Crippen LogP contribution in [0.5, 0.6) is 0 Å². The minimum absolute atomic E-state index is 0.153. The summed E-state index contributed by atoms with van der Waals surface area (Å²) in [5, 5.41) is 3.56. The van der Waals surface area contributed by atoms with E-state index in [1.54, 1.807) is 12.1 Å². The number of hydrogen-bond acceptors (Lipinski definition) is 4. The maximum Gasteiger partial charge on any atom is 0.255 e. The van der Waals surface area contributed by atoms with Crippen LogP contribution in [-0.4, -0.2) is 28.2 Å². The third-order valence-corrected chi connectivity index (χ3v) is 6.83. The number of fused-ring (bicyclic) bond motifs is 1. The number of rotatable bonds is 4. The lowest BCUT2D eigenvalue weighted by atomic mass is 10.1. The van der Waals surface area contributed by atoms with Gasteiger partial charge >= 0.3 is 0 Å². The molecule has 1 aliphatic rings. The van der Waals surface area contributed by atoms with Crippen molar-refractivity contribution < 1.29 is 4.79 Å². The first-order chi connectivity index (χ1) is 15.2. The summed E-state index contributed by atoms with van der Waals surface area (Å²) in [4.78, 5) is 20.6. The van der Waals surface area contributed by atoms with Gasteiger partial charge in [-0.15, -0.1) is 0 Å². The van der Waals surface area contributed by atoms with E-state index in [1.165, 1.54) is 12.8 Å². The monoisotopic (exact) mass is 448 g/mol. The molecule has 7 heteroatoms. The summed E-state index contributed by atoms with van der Waals surface area (Å²) in [7, 11) is 0. The lowest BCUT2D eigenvalue weighted by Gasteiger charge is -2.27. The average Bonchev–Trinajstić information content (AvgIpc) is 3.29. The summed E-state index contributed by atoms with van der Waals surface area (Å²) in [5.41, 5.74) is 5.81. The van der Waals surface area contributed by atoms with Crippen molar-refractivity contribution in [2.24, 2.45) is 0 Å². The van der Waals surface area contributed by atoms with Crippen LogP contribution in [0.25, 0.3) is 22.3 Å². The van der Waals surface area contributed by atoms with Crippen LogP contribution >= 0.6 is 23.5 Å². The molecule has 1 aliphatic heterocycles. The summed E-state index contributed by atoms with van der Waals surface area (Å²) in [6.45, 7) is 1.05. The fourth-order valence-corrected chi connectivity index (χ4v) is 4.96. The van der Waals surface area contributed by atoms with Gasteiger partial charge in [-0.3, -0.25) is 4.79 Å². The standard InChI is InChI=1S/C24H21ClN4OS/c25-20-8-5-17(15-19(20)21-9-10-22-23(28-21)11-12-26-22)27-24(30)16-3-6-18(7-4-16)29-13-1-2-14-31-29/h3-12,15,26H,1-2,13-14H2,(H,27,30).